The van der Waals surface area contributed by atoms with Gasteiger partial charge in [-0.05, 0) is 17.7 Å². The van der Waals surface area contributed by atoms with Gasteiger partial charge in [-0.1, -0.05) is 6.07 Å². The Kier molecular flexibility index (Phi) is 3.26. The molecule has 0 bridgehead atoms. The van der Waals surface area contributed by atoms with E-state index in [1.807, 2.05) is 0 Å². The average molecular weight is 262 g/mol. The largest absolute Gasteiger partial charge is 0.505 e. The topological polar surface area (TPSA) is 20.2 Å². The standard InChI is InChI=1S/C9H5F7O/c10-5-3-4(1-2-6(5)17)7(8(11,12)13)9(14,15)16/h1-3,7,17H. The lowest BCUT2D eigenvalue weighted by Gasteiger charge is -2.23. The van der Waals surface area contributed by atoms with E-state index in [2.05, 4.69) is 0 Å². The Morgan fingerprint density at radius 2 is 1.41 bits per heavy atom. The van der Waals surface area contributed by atoms with Crippen LogP contribution < -0.4 is 0 Å². The first-order valence-electron chi connectivity index (χ1n) is 4.15. The molecule has 0 atom stereocenters. The maximum Gasteiger partial charge on any atom is 0.404 e. The minimum absolute atomic E-state index is 0.0149. The fraction of sp³-hybridized carbons (Fsp3) is 0.333. The van der Waals surface area contributed by atoms with E-state index in [0.717, 1.165) is 0 Å². The molecule has 0 aliphatic heterocycles. The van der Waals surface area contributed by atoms with Crippen molar-refractivity contribution in [2.24, 2.45) is 0 Å². The first-order valence-corrected chi connectivity index (χ1v) is 4.15. The number of hydrogen-bond donors (Lipinski definition) is 1. The second-order valence-electron chi connectivity index (χ2n) is 3.23. The number of rotatable bonds is 1. The van der Waals surface area contributed by atoms with E-state index >= 15 is 0 Å². The van der Waals surface area contributed by atoms with Gasteiger partial charge >= 0.3 is 12.4 Å². The van der Waals surface area contributed by atoms with Crippen LogP contribution in [0.4, 0.5) is 30.7 Å². The molecule has 0 aliphatic rings. The van der Waals surface area contributed by atoms with E-state index in [0.29, 0.717) is 12.1 Å². The molecule has 8 heteroatoms. The van der Waals surface area contributed by atoms with Crippen molar-refractivity contribution in [3.05, 3.63) is 29.6 Å². The van der Waals surface area contributed by atoms with Crippen molar-refractivity contribution in [1.82, 2.24) is 0 Å². The zero-order valence-electron chi connectivity index (χ0n) is 7.90. The maximum atomic E-state index is 12.7. The second kappa shape index (κ2) is 4.08. The summed E-state index contributed by atoms with van der Waals surface area (Å²) in [5.74, 6) is -6.33. The minimum atomic E-state index is -5.58. The first kappa shape index (κ1) is 13.6. The van der Waals surface area contributed by atoms with Crippen LogP contribution >= 0.6 is 0 Å². The van der Waals surface area contributed by atoms with Gasteiger partial charge in [0.15, 0.2) is 17.5 Å². The number of phenols is 1. The number of phenolic OH excluding ortho intramolecular Hbond substituents is 1. The molecular weight excluding hydrogens is 257 g/mol. The lowest BCUT2D eigenvalue weighted by atomic mass is 9.97. The predicted octanol–water partition coefficient (Wildman–Crippen LogP) is 3.74. The van der Waals surface area contributed by atoms with Crippen molar-refractivity contribution >= 4 is 0 Å². The molecule has 0 saturated heterocycles. The third-order valence-electron chi connectivity index (χ3n) is 1.96. The maximum absolute atomic E-state index is 12.7. The zero-order valence-corrected chi connectivity index (χ0v) is 7.90. The molecule has 1 rings (SSSR count). The normalized spacial score (nSPS) is 13.2. The van der Waals surface area contributed by atoms with Crippen LogP contribution in [0.25, 0.3) is 0 Å². The highest BCUT2D eigenvalue weighted by Gasteiger charge is 2.57. The Balaban J connectivity index is 3.29. The lowest BCUT2D eigenvalue weighted by molar-refractivity contribution is -0.253. The van der Waals surface area contributed by atoms with Crippen molar-refractivity contribution in [3.8, 4) is 5.75 Å². The van der Waals surface area contributed by atoms with E-state index in [9.17, 15) is 30.7 Å². The smallest absolute Gasteiger partial charge is 0.404 e. The molecule has 0 heterocycles. The van der Waals surface area contributed by atoms with Gasteiger partial charge in [0.25, 0.3) is 0 Å². The van der Waals surface area contributed by atoms with Crippen LogP contribution in [0.1, 0.15) is 11.5 Å². The Morgan fingerprint density at radius 1 is 0.941 bits per heavy atom. The molecular formula is C9H5F7O. The lowest BCUT2D eigenvalue weighted by Crippen LogP contribution is -2.34. The summed E-state index contributed by atoms with van der Waals surface area (Å²) in [5.41, 5.74) is -1.31. The van der Waals surface area contributed by atoms with Gasteiger partial charge in [0.1, 0.15) is 0 Å². The Labute approximate surface area is 90.5 Å². The summed E-state index contributed by atoms with van der Waals surface area (Å²) < 4.78 is 86.1. The highest BCUT2D eigenvalue weighted by atomic mass is 19.4. The molecule has 0 aliphatic carbocycles. The van der Waals surface area contributed by atoms with Crippen LogP contribution in [-0.4, -0.2) is 17.5 Å². The monoisotopic (exact) mass is 262 g/mol. The molecule has 0 fully saturated rings. The first-order chi connectivity index (χ1) is 7.53. The van der Waals surface area contributed by atoms with E-state index in [4.69, 9.17) is 5.11 Å². The van der Waals surface area contributed by atoms with Gasteiger partial charge in [-0.15, -0.1) is 0 Å². The Hall–Kier alpha value is -1.47. The number of alkyl halides is 6. The van der Waals surface area contributed by atoms with Gasteiger partial charge in [-0.3, -0.25) is 0 Å². The predicted molar refractivity (Wildman–Crippen MR) is 42.9 cm³/mol. The summed E-state index contributed by atoms with van der Waals surface area (Å²) in [6, 6.07) is 0.834. The van der Waals surface area contributed by atoms with Crippen LogP contribution in [0, 0.1) is 5.82 Å². The van der Waals surface area contributed by atoms with Crippen LogP contribution in [0.5, 0.6) is 5.75 Å². The summed E-state index contributed by atoms with van der Waals surface area (Å²) in [6.45, 7) is 0. The van der Waals surface area contributed by atoms with Crippen LogP contribution in [-0.2, 0) is 0 Å². The number of benzene rings is 1. The number of halogens is 7. The van der Waals surface area contributed by atoms with E-state index in [1.54, 1.807) is 0 Å². The van der Waals surface area contributed by atoms with Crippen LogP contribution in [0.15, 0.2) is 18.2 Å². The summed E-state index contributed by atoms with van der Waals surface area (Å²) >= 11 is 0. The van der Waals surface area contributed by atoms with Crippen molar-refractivity contribution in [1.29, 1.82) is 0 Å². The third-order valence-corrected chi connectivity index (χ3v) is 1.96. The van der Waals surface area contributed by atoms with Crippen molar-refractivity contribution in [2.45, 2.75) is 18.3 Å². The van der Waals surface area contributed by atoms with Gasteiger partial charge < -0.3 is 5.11 Å². The second-order valence-corrected chi connectivity index (χ2v) is 3.23. The van der Waals surface area contributed by atoms with Crippen molar-refractivity contribution < 1.29 is 35.8 Å². The molecule has 1 aromatic rings. The molecule has 0 saturated carbocycles. The molecule has 1 aromatic carbocycles. The molecule has 0 amide bonds. The average Bonchev–Trinajstić information content (AvgIpc) is 2.06. The molecule has 0 spiro atoms. The number of aromatic hydroxyl groups is 1. The van der Waals surface area contributed by atoms with Gasteiger partial charge in [0, 0.05) is 0 Å². The van der Waals surface area contributed by atoms with Gasteiger partial charge in [-0.2, -0.15) is 26.3 Å². The van der Waals surface area contributed by atoms with Crippen LogP contribution in [0.3, 0.4) is 0 Å². The highest BCUT2D eigenvalue weighted by Crippen LogP contribution is 2.46. The van der Waals surface area contributed by atoms with Gasteiger partial charge in [0.05, 0.1) is 0 Å². The van der Waals surface area contributed by atoms with E-state index < -0.39 is 35.4 Å². The molecule has 1 nitrogen and oxygen atoms in total. The van der Waals surface area contributed by atoms with Gasteiger partial charge in [0.2, 0.25) is 0 Å². The molecule has 1 N–H and O–H groups in total. The number of hydrogen-bond acceptors (Lipinski definition) is 1. The summed E-state index contributed by atoms with van der Waals surface area (Å²) in [5, 5.41) is 8.69. The van der Waals surface area contributed by atoms with Crippen LogP contribution in [0.2, 0.25) is 0 Å². The minimum Gasteiger partial charge on any atom is -0.505 e. The third kappa shape index (κ3) is 3.01. The quantitative estimate of drug-likeness (QED) is 0.764. The Morgan fingerprint density at radius 3 is 1.76 bits per heavy atom. The van der Waals surface area contributed by atoms with Crippen molar-refractivity contribution in [3.63, 3.8) is 0 Å². The molecule has 0 radical (unpaired) electrons. The molecule has 0 aromatic heterocycles. The van der Waals surface area contributed by atoms with E-state index in [1.165, 1.54) is 0 Å². The molecule has 17 heavy (non-hydrogen) atoms. The summed E-state index contributed by atoms with van der Waals surface area (Å²) in [7, 11) is 0. The zero-order chi connectivity index (χ0) is 13.4. The molecule has 0 unspecified atom stereocenters. The Bertz CT molecular complexity index is 393. The van der Waals surface area contributed by atoms with E-state index in [-0.39, 0.29) is 6.07 Å². The summed E-state index contributed by atoms with van der Waals surface area (Å²) in [6.07, 6.45) is -11.2. The summed E-state index contributed by atoms with van der Waals surface area (Å²) in [4.78, 5) is 0. The van der Waals surface area contributed by atoms with Gasteiger partial charge in [-0.25, -0.2) is 4.39 Å². The SMILES string of the molecule is Oc1ccc(C(C(F)(F)F)C(F)(F)F)cc1F. The molecule has 96 valence electrons. The highest BCUT2D eigenvalue weighted by molar-refractivity contribution is 5.31. The fourth-order valence-corrected chi connectivity index (χ4v) is 1.27. The fourth-order valence-electron chi connectivity index (χ4n) is 1.27. The van der Waals surface area contributed by atoms with Crippen molar-refractivity contribution in [2.75, 3.05) is 0 Å².